The van der Waals surface area contributed by atoms with Gasteiger partial charge >= 0.3 is 0 Å². The summed E-state index contributed by atoms with van der Waals surface area (Å²) in [4.78, 5) is 0. The summed E-state index contributed by atoms with van der Waals surface area (Å²) in [5.41, 5.74) is 7.04. The Morgan fingerprint density at radius 1 is 1.28 bits per heavy atom. The second-order valence-corrected chi connectivity index (χ2v) is 6.07. The maximum Gasteiger partial charge on any atom is 0.134 e. The molecule has 1 atom stereocenters. The van der Waals surface area contributed by atoms with Crippen LogP contribution >= 0.6 is 44.3 Å². The Morgan fingerprint density at radius 2 is 1.89 bits per heavy atom. The normalized spacial score (nSPS) is 18.2. The predicted molar refractivity (Wildman–Crippen MR) is 81.2 cm³/mol. The number of hydrogen-bond donors (Lipinski definition) is 2. The van der Waals surface area contributed by atoms with E-state index in [4.69, 9.17) is 10.5 Å². The van der Waals surface area contributed by atoms with E-state index in [1.807, 2.05) is 12.1 Å². The van der Waals surface area contributed by atoms with E-state index in [2.05, 4.69) is 31.9 Å². The van der Waals surface area contributed by atoms with Gasteiger partial charge in [-0.1, -0.05) is 15.9 Å². The summed E-state index contributed by atoms with van der Waals surface area (Å²) in [6, 6.07) is 3.56. The smallest absolute Gasteiger partial charge is 0.134 e. The molecule has 1 heterocycles. The summed E-state index contributed by atoms with van der Waals surface area (Å²) in [6.45, 7) is 1.52. The molecule has 1 fully saturated rings. The molecule has 2 rings (SSSR count). The lowest BCUT2D eigenvalue weighted by atomic mass is 9.87. The molecule has 1 aromatic rings. The molecule has 1 saturated heterocycles. The van der Waals surface area contributed by atoms with E-state index in [1.165, 1.54) is 0 Å². The third kappa shape index (κ3) is 3.61. The molecular formula is C12H16Br2ClNO2. The fourth-order valence-corrected chi connectivity index (χ4v) is 3.43. The van der Waals surface area contributed by atoms with Crippen LogP contribution in [-0.4, -0.2) is 18.3 Å². The molecule has 0 radical (unpaired) electrons. The van der Waals surface area contributed by atoms with Gasteiger partial charge < -0.3 is 15.6 Å². The first kappa shape index (κ1) is 16.2. The first-order valence-electron chi connectivity index (χ1n) is 5.61. The molecule has 0 spiro atoms. The minimum atomic E-state index is -0.146. The maximum absolute atomic E-state index is 10.0. The number of ether oxygens (including phenoxy) is 1. The molecule has 18 heavy (non-hydrogen) atoms. The first-order valence-corrected chi connectivity index (χ1v) is 7.19. The summed E-state index contributed by atoms with van der Waals surface area (Å²) in [5.74, 6) is 0.614. The van der Waals surface area contributed by atoms with Gasteiger partial charge in [0.05, 0.1) is 4.47 Å². The van der Waals surface area contributed by atoms with Gasteiger partial charge in [0.1, 0.15) is 5.75 Å². The Morgan fingerprint density at radius 3 is 2.50 bits per heavy atom. The number of aromatic hydroxyl groups is 1. The molecule has 0 aliphatic carbocycles. The molecule has 3 nitrogen and oxygen atoms in total. The Labute approximate surface area is 130 Å². The minimum Gasteiger partial charge on any atom is -0.506 e. The molecule has 0 aromatic heterocycles. The van der Waals surface area contributed by atoms with Crippen molar-refractivity contribution >= 4 is 44.3 Å². The monoisotopic (exact) mass is 399 g/mol. The van der Waals surface area contributed by atoms with Crippen molar-refractivity contribution in [2.75, 3.05) is 13.2 Å². The second kappa shape index (κ2) is 7.10. The SMILES string of the molecule is Cl.N[C@H](c1cc(Br)cc(Br)c1O)C1CCOCC1. The van der Waals surface area contributed by atoms with E-state index in [1.54, 1.807) is 0 Å². The lowest BCUT2D eigenvalue weighted by Crippen LogP contribution is -2.27. The number of hydrogen-bond acceptors (Lipinski definition) is 3. The summed E-state index contributed by atoms with van der Waals surface area (Å²) in [7, 11) is 0. The zero-order chi connectivity index (χ0) is 12.4. The van der Waals surface area contributed by atoms with E-state index in [0.717, 1.165) is 36.1 Å². The number of phenols is 1. The first-order chi connectivity index (χ1) is 8.09. The number of nitrogens with two attached hydrogens (primary N) is 1. The van der Waals surface area contributed by atoms with Gasteiger partial charge in [0.25, 0.3) is 0 Å². The lowest BCUT2D eigenvalue weighted by Gasteiger charge is -2.28. The van der Waals surface area contributed by atoms with Crippen molar-refractivity contribution in [1.29, 1.82) is 0 Å². The van der Waals surface area contributed by atoms with E-state index < -0.39 is 0 Å². The molecule has 0 amide bonds. The van der Waals surface area contributed by atoms with Crippen molar-refractivity contribution < 1.29 is 9.84 Å². The van der Waals surface area contributed by atoms with Crippen LogP contribution in [0.25, 0.3) is 0 Å². The average Bonchev–Trinajstić information content (AvgIpc) is 2.34. The summed E-state index contributed by atoms with van der Waals surface area (Å²) >= 11 is 6.75. The molecule has 6 heteroatoms. The number of phenolic OH excluding ortho intramolecular Hbond substituents is 1. The fourth-order valence-electron chi connectivity index (χ4n) is 2.17. The third-order valence-electron chi connectivity index (χ3n) is 3.19. The van der Waals surface area contributed by atoms with Gasteiger partial charge in [-0.05, 0) is 46.8 Å². The van der Waals surface area contributed by atoms with Gasteiger partial charge in [-0.15, -0.1) is 12.4 Å². The van der Waals surface area contributed by atoms with Crippen LogP contribution in [0.5, 0.6) is 5.75 Å². The minimum absolute atomic E-state index is 0. The van der Waals surface area contributed by atoms with Crippen LogP contribution in [0.4, 0.5) is 0 Å². The van der Waals surface area contributed by atoms with Crippen molar-refractivity contribution in [3.05, 3.63) is 26.6 Å². The van der Waals surface area contributed by atoms with Crippen LogP contribution in [-0.2, 0) is 4.74 Å². The largest absolute Gasteiger partial charge is 0.506 e. The molecule has 0 unspecified atom stereocenters. The predicted octanol–water partition coefficient (Wildman–Crippen LogP) is 3.77. The maximum atomic E-state index is 10.0. The highest BCUT2D eigenvalue weighted by Crippen LogP contribution is 2.38. The number of halogens is 3. The summed E-state index contributed by atoms with van der Waals surface area (Å²) in [6.07, 6.45) is 1.90. The molecule has 102 valence electrons. The van der Waals surface area contributed by atoms with Crippen molar-refractivity contribution in [1.82, 2.24) is 0 Å². The van der Waals surface area contributed by atoms with Crippen molar-refractivity contribution in [3.8, 4) is 5.75 Å². The standard InChI is InChI=1S/C12H15Br2NO2.ClH/c13-8-5-9(12(16)10(14)6-8)11(15)7-1-3-17-4-2-7;/h5-7,11,16H,1-4,15H2;1H/t11-;/m0./s1. The lowest BCUT2D eigenvalue weighted by molar-refractivity contribution is 0.0581. The quantitative estimate of drug-likeness (QED) is 0.793. The zero-order valence-electron chi connectivity index (χ0n) is 9.73. The van der Waals surface area contributed by atoms with Crippen LogP contribution in [0.2, 0.25) is 0 Å². The van der Waals surface area contributed by atoms with Crippen LogP contribution in [0.3, 0.4) is 0 Å². The van der Waals surface area contributed by atoms with Crippen LogP contribution < -0.4 is 5.73 Å². The van der Waals surface area contributed by atoms with Crippen molar-refractivity contribution in [3.63, 3.8) is 0 Å². The fraction of sp³-hybridized carbons (Fsp3) is 0.500. The van der Waals surface area contributed by atoms with Gasteiger partial charge in [0, 0.05) is 29.3 Å². The van der Waals surface area contributed by atoms with Gasteiger partial charge in [-0.2, -0.15) is 0 Å². The van der Waals surface area contributed by atoms with Gasteiger partial charge in [-0.25, -0.2) is 0 Å². The zero-order valence-corrected chi connectivity index (χ0v) is 13.7. The highest BCUT2D eigenvalue weighted by molar-refractivity contribution is 9.11. The molecular weight excluding hydrogens is 385 g/mol. The number of rotatable bonds is 2. The van der Waals surface area contributed by atoms with E-state index in [-0.39, 0.29) is 24.2 Å². The van der Waals surface area contributed by atoms with Crippen molar-refractivity contribution in [2.45, 2.75) is 18.9 Å². The number of benzene rings is 1. The topological polar surface area (TPSA) is 55.5 Å². The molecule has 1 aliphatic heterocycles. The van der Waals surface area contributed by atoms with Gasteiger partial charge in [-0.3, -0.25) is 0 Å². The average molecular weight is 402 g/mol. The van der Waals surface area contributed by atoms with E-state index >= 15 is 0 Å². The van der Waals surface area contributed by atoms with E-state index in [9.17, 15) is 5.11 Å². The van der Waals surface area contributed by atoms with Crippen LogP contribution in [0, 0.1) is 5.92 Å². The molecule has 0 bridgehead atoms. The Kier molecular flexibility index (Phi) is 6.41. The van der Waals surface area contributed by atoms with Gasteiger partial charge in [0.2, 0.25) is 0 Å². The molecule has 1 aromatic carbocycles. The molecule has 0 saturated carbocycles. The Hall–Kier alpha value is 0.190. The van der Waals surface area contributed by atoms with Crippen LogP contribution in [0.1, 0.15) is 24.4 Å². The van der Waals surface area contributed by atoms with Gasteiger partial charge in [0.15, 0.2) is 0 Å². The highest BCUT2D eigenvalue weighted by Gasteiger charge is 2.25. The van der Waals surface area contributed by atoms with Crippen molar-refractivity contribution in [2.24, 2.45) is 11.7 Å². The second-order valence-electron chi connectivity index (χ2n) is 4.30. The highest BCUT2D eigenvalue weighted by atomic mass is 79.9. The Bertz CT molecular complexity index is 411. The molecule has 1 aliphatic rings. The van der Waals surface area contributed by atoms with E-state index in [0.29, 0.717) is 10.4 Å². The summed E-state index contributed by atoms with van der Waals surface area (Å²) < 4.78 is 6.91. The summed E-state index contributed by atoms with van der Waals surface area (Å²) in [5, 5.41) is 10.0. The van der Waals surface area contributed by atoms with Crippen LogP contribution in [0.15, 0.2) is 21.1 Å². The Balaban J connectivity index is 0.00000162. The molecule has 3 N–H and O–H groups in total. The third-order valence-corrected chi connectivity index (χ3v) is 4.25.